The van der Waals surface area contributed by atoms with E-state index >= 15 is 0 Å². The molecule has 0 radical (unpaired) electrons. The second-order valence-electron chi connectivity index (χ2n) is 8.07. The van der Waals surface area contributed by atoms with Gasteiger partial charge in [0.25, 0.3) is 5.56 Å². The molecule has 2 amide bonds. The van der Waals surface area contributed by atoms with E-state index in [0.29, 0.717) is 22.4 Å². The van der Waals surface area contributed by atoms with Crippen molar-refractivity contribution in [2.75, 3.05) is 5.32 Å². The van der Waals surface area contributed by atoms with Gasteiger partial charge in [-0.2, -0.15) is 0 Å². The summed E-state index contributed by atoms with van der Waals surface area (Å²) >= 11 is 1.20. The molecule has 0 bridgehead atoms. The van der Waals surface area contributed by atoms with Crippen molar-refractivity contribution in [3.05, 3.63) is 98.0 Å². The minimum absolute atomic E-state index is 0.0329. The molecule has 4 rings (SSSR count). The summed E-state index contributed by atoms with van der Waals surface area (Å²) in [4.78, 5) is 51.2. The largest absolute Gasteiger partial charge is 0.352 e. The van der Waals surface area contributed by atoms with Crippen LogP contribution in [-0.4, -0.2) is 20.9 Å². The maximum absolute atomic E-state index is 13.2. The molecule has 35 heavy (non-hydrogen) atoms. The van der Waals surface area contributed by atoms with Gasteiger partial charge in [0, 0.05) is 25.2 Å². The summed E-state index contributed by atoms with van der Waals surface area (Å²) < 4.78 is 2.68. The van der Waals surface area contributed by atoms with Crippen LogP contribution in [0.1, 0.15) is 24.5 Å². The van der Waals surface area contributed by atoms with Crippen molar-refractivity contribution in [3.63, 3.8) is 0 Å². The van der Waals surface area contributed by atoms with Crippen LogP contribution in [0.25, 0.3) is 10.2 Å². The lowest BCUT2D eigenvalue weighted by Crippen LogP contribution is -2.42. The highest BCUT2D eigenvalue weighted by atomic mass is 32.1. The Kier molecular flexibility index (Phi) is 7.57. The number of hydrogen-bond acceptors (Lipinski definition) is 5. The minimum atomic E-state index is -0.617. The molecule has 0 aliphatic carbocycles. The highest BCUT2D eigenvalue weighted by Gasteiger charge is 2.17. The number of aromatic nitrogens is 2. The fourth-order valence-corrected chi connectivity index (χ4v) is 4.59. The Labute approximate surface area is 205 Å². The van der Waals surface area contributed by atoms with Gasteiger partial charge in [-0.25, -0.2) is 4.79 Å². The van der Waals surface area contributed by atoms with E-state index in [9.17, 15) is 19.2 Å². The average molecular weight is 491 g/mol. The number of amides is 2. The number of carbonyl (C=O) groups is 2. The second-order valence-corrected chi connectivity index (χ2v) is 8.99. The fourth-order valence-electron chi connectivity index (χ4n) is 3.75. The van der Waals surface area contributed by atoms with Crippen molar-refractivity contribution in [3.8, 4) is 0 Å². The second kappa shape index (κ2) is 11.0. The standard InChI is InChI=1S/C26H26N4O4S/c1-2-18-8-10-20(11-9-18)28-23(32)17-30-21-13-15-35-24(21)25(33)29(26(30)34)14-12-22(31)27-16-19-6-4-3-5-7-19/h3-11,13,15H,2,12,14,16-17H2,1H3,(H,27,31)(H,28,32). The van der Waals surface area contributed by atoms with Crippen molar-refractivity contribution < 1.29 is 9.59 Å². The lowest BCUT2D eigenvalue weighted by atomic mass is 10.1. The first-order valence-corrected chi connectivity index (χ1v) is 12.2. The molecule has 0 spiro atoms. The Balaban J connectivity index is 1.49. The number of rotatable bonds is 9. The van der Waals surface area contributed by atoms with Gasteiger partial charge in [0.2, 0.25) is 11.8 Å². The molecule has 0 saturated carbocycles. The quantitative estimate of drug-likeness (QED) is 0.376. The summed E-state index contributed by atoms with van der Waals surface area (Å²) in [6, 6.07) is 18.6. The lowest BCUT2D eigenvalue weighted by molar-refractivity contribution is -0.121. The first-order chi connectivity index (χ1) is 17.0. The van der Waals surface area contributed by atoms with Crippen LogP contribution in [0.5, 0.6) is 0 Å². The molecular formula is C26H26N4O4S. The molecule has 2 aromatic heterocycles. The summed E-state index contributed by atoms with van der Waals surface area (Å²) in [7, 11) is 0. The number of benzene rings is 2. The Morgan fingerprint density at radius 2 is 1.63 bits per heavy atom. The fraction of sp³-hybridized carbons (Fsp3) is 0.231. The highest BCUT2D eigenvalue weighted by Crippen LogP contribution is 2.16. The molecule has 2 N–H and O–H groups in total. The van der Waals surface area contributed by atoms with Gasteiger partial charge in [0.15, 0.2) is 0 Å². The van der Waals surface area contributed by atoms with E-state index in [4.69, 9.17) is 0 Å². The maximum Gasteiger partial charge on any atom is 0.332 e. The van der Waals surface area contributed by atoms with Gasteiger partial charge >= 0.3 is 5.69 Å². The minimum Gasteiger partial charge on any atom is -0.352 e. The van der Waals surface area contributed by atoms with Gasteiger partial charge in [0.05, 0.1) is 5.52 Å². The van der Waals surface area contributed by atoms with Crippen molar-refractivity contribution in [1.29, 1.82) is 0 Å². The van der Waals surface area contributed by atoms with Gasteiger partial charge in [-0.1, -0.05) is 49.4 Å². The molecule has 0 atom stereocenters. The van der Waals surface area contributed by atoms with E-state index in [2.05, 4.69) is 10.6 Å². The van der Waals surface area contributed by atoms with Crippen molar-refractivity contribution in [2.45, 2.75) is 39.4 Å². The van der Waals surface area contributed by atoms with Crippen molar-refractivity contribution in [2.24, 2.45) is 0 Å². The number of nitrogens with zero attached hydrogens (tertiary/aromatic N) is 2. The zero-order chi connectivity index (χ0) is 24.8. The van der Waals surface area contributed by atoms with Gasteiger partial charge in [0.1, 0.15) is 11.2 Å². The average Bonchev–Trinajstić information content (AvgIpc) is 3.36. The number of anilines is 1. The van der Waals surface area contributed by atoms with Crippen LogP contribution < -0.4 is 21.9 Å². The van der Waals surface area contributed by atoms with E-state index in [0.717, 1.165) is 22.1 Å². The van der Waals surface area contributed by atoms with E-state index in [-0.39, 0.29) is 31.3 Å². The van der Waals surface area contributed by atoms with Crippen LogP contribution in [0.2, 0.25) is 0 Å². The molecule has 180 valence electrons. The number of thiophene rings is 1. The number of nitrogens with one attached hydrogen (secondary N) is 2. The molecular weight excluding hydrogens is 464 g/mol. The number of hydrogen-bond donors (Lipinski definition) is 2. The van der Waals surface area contributed by atoms with Crippen LogP contribution in [0.15, 0.2) is 75.6 Å². The number of fused-ring (bicyclic) bond motifs is 1. The van der Waals surface area contributed by atoms with Crippen LogP contribution in [-0.2, 0) is 35.6 Å². The molecule has 0 fully saturated rings. The van der Waals surface area contributed by atoms with Crippen LogP contribution in [0, 0.1) is 0 Å². The zero-order valence-corrected chi connectivity index (χ0v) is 20.1. The molecule has 9 heteroatoms. The SMILES string of the molecule is CCc1ccc(NC(=O)Cn2c(=O)n(CCC(=O)NCc3ccccc3)c(=O)c3sccc32)cc1. The third-order valence-electron chi connectivity index (χ3n) is 5.68. The van der Waals surface area contributed by atoms with Gasteiger partial charge in [-0.3, -0.25) is 23.5 Å². The first kappa shape index (κ1) is 24.2. The van der Waals surface area contributed by atoms with Gasteiger partial charge < -0.3 is 10.6 Å². The van der Waals surface area contributed by atoms with E-state index in [1.165, 1.54) is 15.9 Å². The van der Waals surface area contributed by atoms with Crippen molar-refractivity contribution in [1.82, 2.24) is 14.5 Å². The summed E-state index contributed by atoms with van der Waals surface area (Å²) in [6.45, 7) is 2.09. The summed E-state index contributed by atoms with van der Waals surface area (Å²) in [5, 5.41) is 7.30. The predicted octanol–water partition coefficient (Wildman–Crippen LogP) is 3.13. The Morgan fingerprint density at radius 3 is 2.34 bits per heavy atom. The van der Waals surface area contributed by atoms with E-state index in [1.807, 2.05) is 61.5 Å². The highest BCUT2D eigenvalue weighted by molar-refractivity contribution is 7.17. The van der Waals surface area contributed by atoms with Crippen LogP contribution in [0.4, 0.5) is 5.69 Å². The van der Waals surface area contributed by atoms with E-state index < -0.39 is 11.2 Å². The molecule has 0 aliphatic heterocycles. The Morgan fingerprint density at radius 1 is 0.886 bits per heavy atom. The molecule has 0 aliphatic rings. The van der Waals surface area contributed by atoms with E-state index in [1.54, 1.807) is 11.4 Å². The third kappa shape index (κ3) is 5.75. The Bertz CT molecular complexity index is 1450. The third-order valence-corrected chi connectivity index (χ3v) is 6.57. The molecule has 8 nitrogen and oxygen atoms in total. The van der Waals surface area contributed by atoms with Crippen molar-refractivity contribution >= 4 is 39.1 Å². The van der Waals surface area contributed by atoms with Crippen LogP contribution >= 0.6 is 11.3 Å². The lowest BCUT2D eigenvalue weighted by Gasteiger charge is -2.13. The molecule has 2 heterocycles. The summed E-state index contributed by atoms with van der Waals surface area (Å²) in [5.74, 6) is -0.652. The van der Waals surface area contributed by atoms with Crippen LogP contribution in [0.3, 0.4) is 0 Å². The summed E-state index contributed by atoms with van der Waals surface area (Å²) in [5.41, 5.74) is 2.07. The molecule has 2 aromatic carbocycles. The zero-order valence-electron chi connectivity index (χ0n) is 19.3. The number of aryl methyl sites for hydroxylation is 1. The predicted molar refractivity (Wildman–Crippen MR) is 138 cm³/mol. The maximum atomic E-state index is 13.2. The monoisotopic (exact) mass is 490 g/mol. The normalized spacial score (nSPS) is 10.9. The summed E-state index contributed by atoms with van der Waals surface area (Å²) in [6.07, 6.45) is 0.862. The molecule has 0 saturated heterocycles. The van der Waals surface area contributed by atoms with Gasteiger partial charge in [-0.15, -0.1) is 11.3 Å². The first-order valence-electron chi connectivity index (χ1n) is 11.4. The smallest absolute Gasteiger partial charge is 0.332 e. The Hall–Kier alpha value is -3.98. The molecule has 4 aromatic rings. The topological polar surface area (TPSA) is 102 Å². The van der Waals surface area contributed by atoms with Gasteiger partial charge in [-0.05, 0) is 41.1 Å². The number of carbonyl (C=O) groups excluding carboxylic acids is 2. The molecule has 0 unspecified atom stereocenters.